The van der Waals surface area contributed by atoms with Crippen molar-refractivity contribution in [3.8, 4) is 0 Å². The summed E-state index contributed by atoms with van der Waals surface area (Å²) >= 11 is 1.32. The molecule has 4 N–H and O–H groups in total. The molecule has 25 heavy (non-hydrogen) atoms. The Labute approximate surface area is 150 Å². The maximum atomic E-state index is 12.6. The van der Waals surface area contributed by atoms with E-state index in [0.29, 0.717) is 29.4 Å². The third kappa shape index (κ3) is 2.74. The van der Waals surface area contributed by atoms with Crippen LogP contribution in [0.25, 0.3) is 0 Å². The van der Waals surface area contributed by atoms with Crippen molar-refractivity contribution in [3.63, 3.8) is 0 Å². The number of fused-ring (bicyclic) bond motifs is 1. The van der Waals surface area contributed by atoms with Gasteiger partial charge in [-0.25, -0.2) is 18.4 Å². The third-order valence-corrected chi connectivity index (χ3v) is 7.27. The van der Waals surface area contributed by atoms with Gasteiger partial charge in [-0.2, -0.15) is 4.31 Å². The molecule has 1 aromatic rings. The molecule has 0 aliphatic carbocycles. The highest BCUT2D eigenvalue weighted by atomic mass is 32.2. The van der Waals surface area contributed by atoms with E-state index in [-0.39, 0.29) is 4.90 Å². The Balaban J connectivity index is 1.68. The Morgan fingerprint density at radius 2 is 1.88 bits per heavy atom. The highest BCUT2D eigenvalue weighted by Crippen LogP contribution is 2.34. The van der Waals surface area contributed by atoms with Gasteiger partial charge in [0, 0.05) is 18.7 Å². The number of sulfonamides is 1. The van der Waals surface area contributed by atoms with Gasteiger partial charge in [0.1, 0.15) is 17.1 Å². The number of hydrogen-bond acceptors (Lipinski definition) is 8. The largest absolute Gasteiger partial charge is 0.301 e. The molecule has 4 rings (SSSR count). The van der Waals surface area contributed by atoms with Gasteiger partial charge in [0.15, 0.2) is 11.2 Å². The van der Waals surface area contributed by atoms with E-state index in [0.717, 1.165) is 12.8 Å². The summed E-state index contributed by atoms with van der Waals surface area (Å²) < 4.78 is 26.8. The van der Waals surface area contributed by atoms with Gasteiger partial charge in [-0.05, 0) is 25.0 Å². The number of rotatable bonds is 3. The fourth-order valence-corrected chi connectivity index (χ4v) is 5.47. The van der Waals surface area contributed by atoms with E-state index in [1.165, 1.54) is 22.4 Å². The Hall–Kier alpha value is -1.59. The van der Waals surface area contributed by atoms with Gasteiger partial charge in [0.2, 0.25) is 10.0 Å². The predicted octanol–water partition coefficient (Wildman–Crippen LogP) is 0.453. The molecule has 2 unspecified atom stereocenters. The average molecular weight is 378 g/mol. The van der Waals surface area contributed by atoms with Crippen LogP contribution in [0.2, 0.25) is 0 Å². The molecule has 3 heterocycles. The lowest BCUT2D eigenvalue weighted by molar-refractivity contribution is 0.477. The predicted molar refractivity (Wildman–Crippen MR) is 99.2 cm³/mol. The number of nitrogens with two attached hydrogens (primary N) is 2. The molecule has 0 spiro atoms. The van der Waals surface area contributed by atoms with Crippen LogP contribution in [0.3, 0.4) is 0 Å². The Morgan fingerprint density at radius 3 is 2.56 bits per heavy atom. The van der Waals surface area contributed by atoms with Crippen LogP contribution < -0.4 is 11.5 Å². The molecule has 3 aliphatic rings. The summed E-state index contributed by atoms with van der Waals surface area (Å²) in [5.41, 5.74) is 11.8. The monoisotopic (exact) mass is 378 g/mol. The van der Waals surface area contributed by atoms with Crippen LogP contribution in [-0.2, 0) is 15.7 Å². The van der Waals surface area contributed by atoms with Crippen LogP contribution in [0.4, 0.5) is 0 Å². The van der Waals surface area contributed by atoms with Crippen LogP contribution in [0.15, 0.2) is 44.1 Å². The smallest absolute Gasteiger partial charge is 0.243 e. The van der Waals surface area contributed by atoms with Gasteiger partial charge in [-0.3, -0.25) is 10.7 Å². The number of aliphatic imine (C=N–C) groups is 3. The molecule has 132 valence electrons. The lowest BCUT2D eigenvalue weighted by Gasteiger charge is -2.27. The van der Waals surface area contributed by atoms with Crippen LogP contribution >= 0.6 is 11.8 Å². The molecule has 1 fully saturated rings. The van der Waals surface area contributed by atoms with Gasteiger partial charge >= 0.3 is 0 Å². The quantitative estimate of drug-likeness (QED) is 0.790. The number of thioether (sulfide) groups is 1. The summed E-state index contributed by atoms with van der Waals surface area (Å²) in [7, 11) is -3.46. The minimum Gasteiger partial charge on any atom is -0.301 e. The fraction of sp³-hybridized carbons (Fsp3) is 0.400. The molecule has 0 amide bonds. The van der Waals surface area contributed by atoms with E-state index in [1.807, 2.05) is 0 Å². The molecule has 1 saturated heterocycles. The molecule has 3 aliphatic heterocycles. The van der Waals surface area contributed by atoms with Crippen LogP contribution in [0, 0.1) is 0 Å². The maximum Gasteiger partial charge on any atom is 0.243 e. The second-order valence-electron chi connectivity index (χ2n) is 6.07. The van der Waals surface area contributed by atoms with E-state index < -0.39 is 21.2 Å². The lowest BCUT2D eigenvalue weighted by Crippen LogP contribution is -2.47. The van der Waals surface area contributed by atoms with E-state index in [4.69, 9.17) is 11.5 Å². The summed E-state index contributed by atoms with van der Waals surface area (Å²) in [5.74, 6) is 0. The lowest BCUT2D eigenvalue weighted by atomic mass is 9.95. The first-order valence-corrected chi connectivity index (χ1v) is 10.3. The Morgan fingerprint density at radius 1 is 1.20 bits per heavy atom. The number of nitrogens with zero attached hydrogens (tertiary/aromatic N) is 4. The minimum absolute atomic E-state index is 0.259. The van der Waals surface area contributed by atoms with Gasteiger partial charge in [0.05, 0.1) is 4.90 Å². The number of benzene rings is 1. The molecule has 1 aromatic carbocycles. The molecular weight excluding hydrogens is 360 g/mol. The highest BCUT2D eigenvalue weighted by molar-refractivity contribution is 8.16. The summed E-state index contributed by atoms with van der Waals surface area (Å²) in [6.45, 7) is 1.14. The molecule has 0 bridgehead atoms. The SMILES string of the molecule is NC1N=C2C(=NC=NC2(N)c2ccc(S(=O)(=O)N3CCCC3)cc2)S1. The Bertz CT molecular complexity index is 887. The summed E-state index contributed by atoms with van der Waals surface area (Å²) in [5, 5.41) is 0.652. The van der Waals surface area contributed by atoms with E-state index in [1.54, 1.807) is 24.3 Å². The topological polar surface area (TPSA) is 126 Å². The average Bonchev–Trinajstić information content (AvgIpc) is 3.25. The second-order valence-corrected chi connectivity index (χ2v) is 9.11. The first kappa shape index (κ1) is 16.9. The maximum absolute atomic E-state index is 12.6. The summed E-state index contributed by atoms with van der Waals surface area (Å²) in [4.78, 5) is 13.0. The van der Waals surface area contributed by atoms with Crippen molar-refractivity contribution in [3.05, 3.63) is 29.8 Å². The van der Waals surface area contributed by atoms with Crippen LogP contribution in [0.5, 0.6) is 0 Å². The molecular formula is C15H18N6O2S2. The summed E-state index contributed by atoms with van der Waals surface area (Å²) in [6, 6.07) is 6.50. The fourth-order valence-electron chi connectivity index (χ4n) is 3.14. The molecule has 0 aromatic heterocycles. The second kappa shape index (κ2) is 5.99. The molecule has 0 radical (unpaired) electrons. The van der Waals surface area contributed by atoms with Gasteiger partial charge in [-0.15, -0.1) is 0 Å². The minimum atomic E-state index is -3.46. The van der Waals surface area contributed by atoms with Crippen molar-refractivity contribution >= 4 is 38.9 Å². The number of hydrogen-bond donors (Lipinski definition) is 2. The van der Waals surface area contributed by atoms with Crippen molar-refractivity contribution in [2.75, 3.05) is 13.1 Å². The van der Waals surface area contributed by atoms with Crippen molar-refractivity contribution < 1.29 is 8.42 Å². The van der Waals surface area contributed by atoms with Gasteiger partial charge in [-0.1, -0.05) is 23.9 Å². The van der Waals surface area contributed by atoms with Crippen molar-refractivity contribution in [1.29, 1.82) is 0 Å². The van der Waals surface area contributed by atoms with Crippen molar-refractivity contribution in [2.45, 2.75) is 28.9 Å². The van der Waals surface area contributed by atoms with Crippen molar-refractivity contribution in [1.82, 2.24) is 4.31 Å². The third-order valence-electron chi connectivity index (χ3n) is 4.49. The highest BCUT2D eigenvalue weighted by Gasteiger charge is 2.42. The standard InChI is InChI=1S/C15H18N6O2S2/c16-14-20-12-13(24-14)18-9-19-15(12,17)10-3-5-11(6-4-10)25(22,23)21-7-1-2-8-21/h3-6,9,14H,1-2,7-8,16-17H2. The Kier molecular flexibility index (Phi) is 4.04. The molecule has 2 atom stereocenters. The zero-order chi connectivity index (χ0) is 17.7. The first-order valence-electron chi connectivity index (χ1n) is 7.93. The molecule has 10 heteroatoms. The summed E-state index contributed by atoms with van der Waals surface area (Å²) in [6.07, 6.45) is 3.20. The van der Waals surface area contributed by atoms with Crippen molar-refractivity contribution in [2.24, 2.45) is 26.4 Å². The van der Waals surface area contributed by atoms with Gasteiger partial charge < -0.3 is 5.73 Å². The molecule has 0 saturated carbocycles. The van der Waals surface area contributed by atoms with Crippen LogP contribution in [0.1, 0.15) is 18.4 Å². The first-order chi connectivity index (χ1) is 11.9. The van der Waals surface area contributed by atoms with E-state index in [9.17, 15) is 8.42 Å². The normalized spacial score (nSPS) is 29.4. The van der Waals surface area contributed by atoms with E-state index in [2.05, 4.69) is 15.0 Å². The molecule has 8 nitrogen and oxygen atoms in total. The van der Waals surface area contributed by atoms with E-state index >= 15 is 0 Å². The zero-order valence-electron chi connectivity index (χ0n) is 13.4. The van der Waals surface area contributed by atoms with Crippen LogP contribution in [-0.4, -0.2) is 48.4 Å². The van der Waals surface area contributed by atoms with Gasteiger partial charge in [0.25, 0.3) is 0 Å². The zero-order valence-corrected chi connectivity index (χ0v) is 15.0.